The molecule has 23 heavy (non-hydrogen) atoms. The average molecular weight is 315 g/mol. The molecule has 1 aromatic rings. The number of anilines is 1. The van der Waals surface area contributed by atoms with Gasteiger partial charge in [0.25, 0.3) is 0 Å². The Morgan fingerprint density at radius 2 is 2.04 bits per heavy atom. The Labute approximate surface area is 137 Å². The lowest BCUT2D eigenvalue weighted by Gasteiger charge is -2.26. The SMILES string of the molecule is CC(NC(=O)C1CCCC1)C(=O)N1CCCCc2cccnc21. The molecule has 5 nitrogen and oxygen atoms in total. The number of amides is 2. The van der Waals surface area contributed by atoms with Crippen LogP contribution in [0.1, 0.15) is 51.0 Å². The van der Waals surface area contributed by atoms with Crippen molar-refractivity contribution in [1.82, 2.24) is 10.3 Å². The summed E-state index contributed by atoms with van der Waals surface area (Å²) in [7, 11) is 0. The van der Waals surface area contributed by atoms with E-state index in [2.05, 4.69) is 10.3 Å². The fraction of sp³-hybridized carbons (Fsp3) is 0.611. The summed E-state index contributed by atoms with van der Waals surface area (Å²) in [5, 5.41) is 2.91. The molecule has 0 aromatic carbocycles. The van der Waals surface area contributed by atoms with Gasteiger partial charge in [0.05, 0.1) is 0 Å². The van der Waals surface area contributed by atoms with Gasteiger partial charge in [0.15, 0.2) is 0 Å². The minimum absolute atomic E-state index is 0.0272. The molecule has 1 fully saturated rings. The molecule has 1 aliphatic heterocycles. The van der Waals surface area contributed by atoms with E-state index in [0.29, 0.717) is 6.54 Å². The summed E-state index contributed by atoms with van der Waals surface area (Å²) in [6, 6.07) is 3.45. The number of fused-ring (bicyclic) bond motifs is 1. The molecular formula is C18H25N3O2. The van der Waals surface area contributed by atoms with Crippen LogP contribution in [0.15, 0.2) is 18.3 Å². The van der Waals surface area contributed by atoms with Crippen molar-refractivity contribution < 1.29 is 9.59 Å². The molecule has 0 radical (unpaired) electrons. The van der Waals surface area contributed by atoms with Crippen LogP contribution >= 0.6 is 0 Å². The summed E-state index contributed by atoms with van der Waals surface area (Å²) < 4.78 is 0. The molecule has 1 atom stereocenters. The quantitative estimate of drug-likeness (QED) is 0.932. The van der Waals surface area contributed by atoms with E-state index < -0.39 is 6.04 Å². The van der Waals surface area contributed by atoms with Gasteiger partial charge in [-0.2, -0.15) is 0 Å². The molecule has 1 aromatic heterocycles. The Morgan fingerprint density at radius 1 is 1.26 bits per heavy atom. The third-order valence-electron chi connectivity index (χ3n) is 4.92. The number of aryl methyl sites for hydroxylation is 1. The number of rotatable bonds is 3. The predicted octanol–water partition coefficient (Wildman–Crippen LogP) is 2.45. The monoisotopic (exact) mass is 315 g/mol. The Morgan fingerprint density at radius 3 is 2.83 bits per heavy atom. The standard InChI is InChI=1S/C18H25N3O2/c1-13(20-17(22)15-8-2-3-9-15)18(23)21-12-5-4-7-14-10-6-11-19-16(14)21/h6,10-11,13,15H,2-5,7-9,12H2,1H3,(H,20,22). The van der Waals surface area contributed by atoms with Crippen molar-refractivity contribution in [3.8, 4) is 0 Å². The number of carbonyl (C=O) groups excluding carboxylic acids is 2. The predicted molar refractivity (Wildman–Crippen MR) is 89.1 cm³/mol. The second kappa shape index (κ2) is 7.11. The molecular weight excluding hydrogens is 290 g/mol. The zero-order valence-corrected chi connectivity index (χ0v) is 13.8. The zero-order valence-electron chi connectivity index (χ0n) is 13.8. The Hall–Kier alpha value is -1.91. The van der Waals surface area contributed by atoms with Crippen LogP contribution < -0.4 is 10.2 Å². The molecule has 0 bridgehead atoms. The lowest BCUT2D eigenvalue weighted by molar-refractivity contribution is -0.129. The van der Waals surface area contributed by atoms with E-state index in [4.69, 9.17) is 0 Å². The van der Waals surface area contributed by atoms with Gasteiger partial charge >= 0.3 is 0 Å². The summed E-state index contributed by atoms with van der Waals surface area (Å²) in [6.45, 7) is 2.45. The highest BCUT2D eigenvalue weighted by Crippen LogP contribution is 2.26. The van der Waals surface area contributed by atoms with Crippen LogP contribution in [0.2, 0.25) is 0 Å². The lowest BCUT2D eigenvalue weighted by atomic mass is 10.1. The number of hydrogen-bond acceptors (Lipinski definition) is 3. The molecule has 1 N–H and O–H groups in total. The fourth-order valence-electron chi connectivity index (χ4n) is 3.59. The maximum Gasteiger partial charge on any atom is 0.250 e. The highest BCUT2D eigenvalue weighted by atomic mass is 16.2. The van der Waals surface area contributed by atoms with Gasteiger partial charge < -0.3 is 5.32 Å². The lowest BCUT2D eigenvalue weighted by Crippen LogP contribution is -2.49. The van der Waals surface area contributed by atoms with Crippen LogP contribution in [0.25, 0.3) is 0 Å². The summed E-state index contributed by atoms with van der Waals surface area (Å²) in [5.74, 6) is 0.814. The van der Waals surface area contributed by atoms with E-state index in [1.807, 2.05) is 12.1 Å². The third kappa shape index (κ3) is 3.54. The number of hydrogen-bond donors (Lipinski definition) is 1. The first-order valence-electron chi connectivity index (χ1n) is 8.72. The van der Waals surface area contributed by atoms with Crippen LogP contribution in [-0.4, -0.2) is 29.4 Å². The van der Waals surface area contributed by atoms with E-state index in [9.17, 15) is 9.59 Å². The van der Waals surface area contributed by atoms with Crippen molar-refractivity contribution >= 4 is 17.6 Å². The summed E-state index contributed by atoms with van der Waals surface area (Å²) in [4.78, 5) is 31.3. The first-order valence-corrected chi connectivity index (χ1v) is 8.72. The normalized spacial score (nSPS) is 19.8. The molecule has 2 aliphatic rings. The third-order valence-corrected chi connectivity index (χ3v) is 4.92. The molecule has 3 rings (SSSR count). The average Bonchev–Trinajstić information content (AvgIpc) is 3.01. The van der Waals surface area contributed by atoms with E-state index in [1.165, 1.54) is 0 Å². The summed E-state index contributed by atoms with van der Waals surface area (Å²) in [6.07, 6.45) is 8.83. The van der Waals surface area contributed by atoms with E-state index in [-0.39, 0.29) is 17.7 Å². The molecule has 1 aliphatic carbocycles. The number of nitrogens with zero attached hydrogens (tertiary/aromatic N) is 2. The first kappa shape index (κ1) is 16.0. The van der Waals surface area contributed by atoms with Crippen molar-refractivity contribution in [1.29, 1.82) is 0 Å². The first-order chi connectivity index (χ1) is 11.2. The van der Waals surface area contributed by atoms with E-state index >= 15 is 0 Å². The Kier molecular flexibility index (Phi) is 4.94. The van der Waals surface area contributed by atoms with Crippen LogP contribution in [0.3, 0.4) is 0 Å². The highest BCUT2D eigenvalue weighted by molar-refractivity contribution is 5.99. The van der Waals surface area contributed by atoms with Crippen molar-refractivity contribution in [3.63, 3.8) is 0 Å². The van der Waals surface area contributed by atoms with Gasteiger partial charge in [-0.1, -0.05) is 18.9 Å². The second-order valence-electron chi connectivity index (χ2n) is 6.64. The van der Waals surface area contributed by atoms with Crippen molar-refractivity contribution in [3.05, 3.63) is 23.9 Å². The van der Waals surface area contributed by atoms with Gasteiger partial charge in [0.2, 0.25) is 11.8 Å². The molecule has 124 valence electrons. The van der Waals surface area contributed by atoms with Crippen LogP contribution in [0.4, 0.5) is 5.82 Å². The number of nitrogens with one attached hydrogen (secondary N) is 1. The second-order valence-corrected chi connectivity index (χ2v) is 6.64. The van der Waals surface area contributed by atoms with Gasteiger partial charge in [-0.3, -0.25) is 14.5 Å². The van der Waals surface area contributed by atoms with Gasteiger partial charge in [0, 0.05) is 18.7 Å². The van der Waals surface area contributed by atoms with Gasteiger partial charge in [0.1, 0.15) is 11.9 Å². The molecule has 1 saturated carbocycles. The van der Waals surface area contributed by atoms with Crippen LogP contribution in [0.5, 0.6) is 0 Å². The summed E-state index contributed by atoms with van der Waals surface area (Å²) >= 11 is 0. The molecule has 0 spiro atoms. The minimum atomic E-state index is -0.504. The number of pyridine rings is 1. The molecule has 1 unspecified atom stereocenters. The van der Waals surface area contributed by atoms with E-state index in [1.54, 1.807) is 18.0 Å². The fourth-order valence-corrected chi connectivity index (χ4v) is 3.59. The molecule has 2 amide bonds. The van der Waals surface area contributed by atoms with Crippen molar-refractivity contribution in [2.45, 2.75) is 57.9 Å². The maximum atomic E-state index is 12.8. The largest absolute Gasteiger partial charge is 0.344 e. The van der Waals surface area contributed by atoms with Gasteiger partial charge in [-0.15, -0.1) is 0 Å². The van der Waals surface area contributed by atoms with Crippen LogP contribution in [0, 0.1) is 5.92 Å². The molecule has 0 saturated heterocycles. The van der Waals surface area contributed by atoms with Gasteiger partial charge in [-0.05, 0) is 50.7 Å². The molecule has 2 heterocycles. The Balaban J connectivity index is 1.70. The van der Waals surface area contributed by atoms with Crippen molar-refractivity contribution in [2.75, 3.05) is 11.4 Å². The number of aromatic nitrogens is 1. The Bertz CT molecular complexity index is 581. The van der Waals surface area contributed by atoms with Crippen molar-refractivity contribution in [2.24, 2.45) is 5.92 Å². The molecule has 5 heteroatoms. The topological polar surface area (TPSA) is 62.3 Å². The van der Waals surface area contributed by atoms with Crippen LogP contribution in [-0.2, 0) is 16.0 Å². The zero-order chi connectivity index (χ0) is 16.2. The van der Waals surface area contributed by atoms with Gasteiger partial charge in [-0.25, -0.2) is 4.98 Å². The smallest absolute Gasteiger partial charge is 0.250 e. The van der Waals surface area contributed by atoms with E-state index in [0.717, 1.165) is 56.3 Å². The minimum Gasteiger partial charge on any atom is -0.344 e. The summed E-state index contributed by atoms with van der Waals surface area (Å²) in [5.41, 5.74) is 1.12. The number of carbonyl (C=O) groups is 2. The highest BCUT2D eigenvalue weighted by Gasteiger charge is 2.29. The maximum absolute atomic E-state index is 12.8.